The molecule has 20 aromatic rings. The van der Waals surface area contributed by atoms with Crippen LogP contribution < -0.4 is 39.2 Å². The van der Waals surface area contributed by atoms with Crippen molar-refractivity contribution in [3.05, 3.63) is 372 Å². The lowest BCUT2D eigenvalue weighted by atomic mass is 9.94. The average Bonchev–Trinajstić information content (AvgIpc) is 1.56. The third kappa shape index (κ3) is 12.5. The fourth-order valence-electron chi connectivity index (χ4n) is 20.0. The van der Waals surface area contributed by atoms with Crippen LogP contribution in [0.15, 0.2) is 345 Å². The van der Waals surface area contributed by atoms with Crippen LogP contribution in [0.4, 0.5) is 79.6 Å². The van der Waals surface area contributed by atoms with Gasteiger partial charge in [-0.3, -0.25) is 0 Å². The molecule has 0 saturated heterocycles. The van der Waals surface area contributed by atoms with Crippen LogP contribution in [-0.2, 0) is 0 Å². The molecule has 4 aliphatic heterocycles. The molecule has 4 aromatic heterocycles. The van der Waals surface area contributed by atoms with Gasteiger partial charge in [-0.2, -0.15) is 0 Å². The molecule has 0 spiro atoms. The van der Waals surface area contributed by atoms with Crippen LogP contribution in [0.2, 0.25) is 0 Å². The average molecular weight is 1660 g/mol. The summed E-state index contributed by atoms with van der Waals surface area (Å²) in [5, 5.41) is 7.82. The third-order valence-electron chi connectivity index (χ3n) is 26.0. The molecule has 620 valence electrons. The molecule has 24 rings (SSSR count). The first-order valence-electron chi connectivity index (χ1n) is 47.7. The molecule has 0 saturated carbocycles. The molecule has 126 heavy (non-hydrogen) atoms. The van der Waals surface area contributed by atoms with E-state index in [9.17, 15) is 0 Å². The maximum Gasteiger partial charge on any atom is 0.160 e. The molecule has 4 atom stereocenters. The van der Waals surface area contributed by atoms with Crippen molar-refractivity contribution in [3.8, 4) is 22.3 Å². The van der Waals surface area contributed by atoms with Crippen molar-refractivity contribution in [2.75, 3.05) is 53.2 Å². The van der Waals surface area contributed by atoms with Crippen LogP contribution in [0.25, 0.3) is 110 Å². The van der Waals surface area contributed by atoms with Crippen molar-refractivity contribution < 1.29 is 30.0 Å². The molecule has 0 radical (unpaired) electrons. The summed E-state index contributed by atoms with van der Waals surface area (Å²) in [4.78, 5) is 17.0. The van der Waals surface area contributed by atoms with Gasteiger partial charge in [0.15, 0.2) is 5.58 Å². The molecule has 4 aliphatic rings. The first kappa shape index (κ1) is 68.6. The van der Waals surface area contributed by atoms with Crippen LogP contribution in [0.1, 0.15) is 84.5 Å². The van der Waals surface area contributed by atoms with Crippen molar-refractivity contribution in [3.63, 3.8) is 0 Å². The summed E-state index contributed by atoms with van der Waals surface area (Å²) < 4.78 is 98.5. The standard InChI is InChI=1S/C40H32N2O.C28H24N2O.2C23H22N2O/c1-26-14-10-11-23-34(26)41-28(3)42(39-35(41)24-25-36-37(39)33-22-12-15-27(2)40(33)43-36)38-31(29-16-6-4-7-17-29)20-13-21-32(38)30-18-8-5-9-19-30;1-18-10-7-8-15-23(18)30-20(3)29(21-12-5-4-6-13-21)27-24(30)16-17-25-26(27)22-14-9-11-19(2)28(22)31-25;1-14-8-5-6-11-19(14)25-16(3)24(4)21-20(25)13-12-18-17-10-7-9-15(2)22(17)26-23(18)21;1-14-8-5-6-11-18(14)25-16(3)24(4)22-19(25)12-13-20-21(22)17-10-7-9-15(2)23(17)26-20/h4-25,28H,1-3H3;4-17,20H,1-3H3;2*5-13,16H,1-4H3/t28-;20-;2*16-/m1000/s1/i;;2D3,4D3;4D3. The maximum absolute atomic E-state index is 8.28. The minimum atomic E-state index is -2.42. The Kier molecular flexibility index (Phi) is 17.0. The van der Waals surface area contributed by atoms with Gasteiger partial charge in [0.1, 0.15) is 69.4 Å². The highest BCUT2D eigenvalue weighted by molar-refractivity contribution is 6.22. The molecule has 0 amide bonds. The van der Waals surface area contributed by atoms with Crippen molar-refractivity contribution in [1.29, 1.82) is 0 Å². The summed E-state index contributed by atoms with van der Waals surface area (Å²) in [7, 11) is 0. The Balaban J connectivity index is 0.000000109. The molecule has 16 aromatic carbocycles. The van der Waals surface area contributed by atoms with Crippen molar-refractivity contribution in [2.24, 2.45) is 0 Å². The molecular formula is C114H100N8O4. The molecule has 12 heteroatoms. The summed E-state index contributed by atoms with van der Waals surface area (Å²) in [5.74, 6) is 0. The Labute approximate surface area is 748 Å². The van der Waals surface area contributed by atoms with Gasteiger partial charge in [-0.1, -0.05) is 243 Å². The molecule has 0 fully saturated rings. The van der Waals surface area contributed by atoms with Crippen molar-refractivity contribution in [2.45, 2.75) is 108 Å². The molecule has 0 unspecified atom stereocenters. The molecule has 8 heterocycles. The third-order valence-corrected chi connectivity index (χ3v) is 26.0. The highest BCUT2D eigenvalue weighted by Crippen LogP contribution is 2.60. The minimum absolute atomic E-state index is 0.0104. The molecule has 0 aliphatic carbocycles. The Morgan fingerprint density at radius 2 is 0.540 bits per heavy atom. The van der Waals surface area contributed by atoms with E-state index in [1.807, 2.05) is 118 Å². The lowest BCUT2D eigenvalue weighted by molar-refractivity contribution is 0.661. The second kappa shape index (κ2) is 31.2. The fraction of sp³-hybridized carbons (Fsp3) is 0.158. The normalized spacial score (nSPS) is 17.1. The number of para-hydroxylation sites is 10. The Bertz CT molecular complexity index is 7980. The lowest BCUT2D eigenvalue weighted by Gasteiger charge is -2.34. The van der Waals surface area contributed by atoms with E-state index in [1.54, 1.807) is 17.0 Å². The van der Waals surface area contributed by atoms with Gasteiger partial charge in [0.2, 0.25) is 0 Å². The smallest absolute Gasteiger partial charge is 0.160 e. The maximum atomic E-state index is 8.28. The Morgan fingerprint density at radius 3 is 0.968 bits per heavy atom. The van der Waals surface area contributed by atoms with E-state index >= 15 is 0 Å². The van der Waals surface area contributed by atoms with Gasteiger partial charge in [-0.25, -0.2) is 0 Å². The zero-order chi connectivity index (χ0) is 93.7. The second-order valence-electron chi connectivity index (χ2n) is 33.6. The number of furan rings is 4. The predicted octanol–water partition coefficient (Wildman–Crippen LogP) is 31.3. The Hall–Kier alpha value is -14.9. The summed E-state index contributed by atoms with van der Waals surface area (Å²) in [5.41, 5.74) is 33.1. The van der Waals surface area contributed by atoms with Crippen LogP contribution >= 0.6 is 0 Å². The number of hydrogen-bond donors (Lipinski definition) is 0. The number of hydrogen-bond acceptors (Lipinski definition) is 12. The SMILES string of the molecule is Cc1ccccc1N1c2ccc3oc4c(C)cccc4c3c2N(c2c(-c3ccccc3)cccc2-c2ccccc2)[C@@H]1C.Cc1ccccc1N1c2ccc3oc4c(C)cccc4c3c2N(c2ccccc2)[C@@H]1C.[2H]C([2H])([2H])N1c2c(ccc3oc4c(C)cccc4c23)N(c2ccccc2C)[C@H]1C.[2H]C([2H])([2H])c1cccc2c1oc1c3c(ccc12)N(c1ccccc1C)[C@@H](C)N3C([2H])([2H])[2H]. The molecule has 0 N–H and O–H groups in total. The van der Waals surface area contributed by atoms with Crippen LogP contribution in [0.3, 0.4) is 0 Å². The summed E-state index contributed by atoms with van der Waals surface area (Å²) in [6.07, 6.45) is -0.749. The number of fused-ring (bicyclic) bond motifs is 20. The van der Waals surface area contributed by atoms with Gasteiger partial charge in [0, 0.05) is 92.8 Å². The van der Waals surface area contributed by atoms with Crippen LogP contribution in [0, 0.1) is 55.3 Å². The van der Waals surface area contributed by atoms with E-state index in [4.69, 9.17) is 30.0 Å². The van der Waals surface area contributed by atoms with Crippen molar-refractivity contribution >= 4 is 167 Å². The summed E-state index contributed by atoms with van der Waals surface area (Å²) in [6, 6.07) is 112. The van der Waals surface area contributed by atoms with Crippen LogP contribution in [0.5, 0.6) is 0 Å². The van der Waals surface area contributed by atoms with Gasteiger partial charge in [0.05, 0.1) is 61.7 Å². The number of benzene rings is 16. The van der Waals surface area contributed by atoms with Crippen LogP contribution in [-0.4, -0.2) is 38.6 Å². The van der Waals surface area contributed by atoms with E-state index in [0.29, 0.717) is 39.0 Å². The topological polar surface area (TPSA) is 78.5 Å². The minimum Gasteiger partial charge on any atom is -0.456 e. The van der Waals surface area contributed by atoms with E-state index in [2.05, 4.69) is 297 Å². The number of rotatable bonds is 8. The molecule has 12 nitrogen and oxygen atoms in total. The number of anilines is 14. The first-order chi connectivity index (χ1) is 65.0. The van der Waals surface area contributed by atoms with E-state index in [0.717, 1.165) is 94.3 Å². The number of aryl methyl sites for hydroxylation is 8. The largest absolute Gasteiger partial charge is 0.456 e. The highest BCUT2D eigenvalue weighted by atomic mass is 16.3. The van der Waals surface area contributed by atoms with Crippen molar-refractivity contribution in [1.82, 2.24) is 0 Å². The zero-order valence-corrected chi connectivity index (χ0v) is 72.2. The van der Waals surface area contributed by atoms with E-state index in [-0.39, 0.29) is 29.6 Å². The first-order valence-corrected chi connectivity index (χ1v) is 43.2. The zero-order valence-electron chi connectivity index (χ0n) is 81.2. The summed E-state index contributed by atoms with van der Waals surface area (Å²) in [6.45, 7) is 16.0. The van der Waals surface area contributed by atoms with Gasteiger partial charge in [-0.05, 0) is 224 Å². The van der Waals surface area contributed by atoms with Gasteiger partial charge in [-0.15, -0.1) is 0 Å². The quantitative estimate of drug-likeness (QED) is 0.145. The van der Waals surface area contributed by atoms with Gasteiger partial charge < -0.3 is 56.9 Å². The number of nitrogens with zero attached hydrogens (tertiary/aromatic N) is 8. The Morgan fingerprint density at radius 1 is 0.222 bits per heavy atom. The predicted molar refractivity (Wildman–Crippen MR) is 530 cm³/mol. The van der Waals surface area contributed by atoms with Gasteiger partial charge >= 0.3 is 0 Å². The summed E-state index contributed by atoms with van der Waals surface area (Å²) >= 11 is 0. The second-order valence-corrected chi connectivity index (χ2v) is 33.6. The monoisotopic (exact) mass is 1650 g/mol. The molecular weight excluding hydrogens is 1550 g/mol. The fourth-order valence-corrected chi connectivity index (χ4v) is 20.0. The lowest BCUT2D eigenvalue weighted by Crippen LogP contribution is -2.36. The molecule has 0 bridgehead atoms. The highest BCUT2D eigenvalue weighted by Gasteiger charge is 2.43. The van der Waals surface area contributed by atoms with E-state index < -0.39 is 27.0 Å². The van der Waals surface area contributed by atoms with Gasteiger partial charge in [0.25, 0.3) is 0 Å². The van der Waals surface area contributed by atoms with E-state index in [1.165, 1.54) is 101 Å².